The third-order valence-corrected chi connectivity index (χ3v) is 6.69. The Morgan fingerprint density at radius 1 is 1.09 bits per heavy atom. The van der Waals surface area contributed by atoms with Crippen LogP contribution in [-0.2, 0) is 4.79 Å². The molecule has 0 fully saturated rings. The van der Waals surface area contributed by atoms with Gasteiger partial charge in [-0.25, -0.2) is 9.37 Å². The Bertz CT molecular complexity index is 1620. The lowest BCUT2D eigenvalue weighted by molar-refractivity contribution is -0.113. The second-order valence-electron chi connectivity index (χ2n) is 8.00. The minimum absolute atomic E-state index is 0.00167. The first kappa shape index (κ1) is 21.9. The molecule has 0 radical (unpaired) electrons. The van der Waals surface area contributed by atoms with Crippen molar-refractivity contribution in [2.24, 2.45) is 0 Å². The number of carbonyl (C=O) groups is 1. The zero-order chi connectivity index (χ0) is 23.8. The Labute approximate surface area is 198 Å². The van der Waals surface area contributed by atoms with E-state index in [0.717, 1.165) is 33.8 Å². The molecule has 0 saturated carbocycles. The fourth-order valence-corrected chi connectivity index (χ4v) is 4.72. The van der Waals surface area contributed by atoms with Gasteiger partial charge in [-0.2, -0.15) is 0 Å². The van der Waals surface area contributed by atoms with Crippen LogP contribution in [0, 0.1) is 19.7 Å². The number of benzene rings is 3. The molecule has 0 unspecified atom stereocenters. The first-order chi connectivity index (χ1) is 16.4. The number of nitrogens with one attached hydrogen (secondary N) is 2. The van der Waals surface area contributed by atoms with E-state index in [0.29, 0.717) is 27.6 Å². The SMILES string of the molecule is Cc1cccc(-n2c(SCC(=O)Nc3cccc(F)c3)nc3c([nH]c4ccccc43)c2=O)c1C. The van der Waals surface area contributed by atoms with Gasteiger partial charge in [0.15, 0.2) is 5.16 Å². The van der Waals surface area contributed by atoms with Crippen LogP contribution in [0.25, 0.3) is 27.6 Å². The summed E-state index contributed by atoms with van der Waals surface area (Å²) in [6, 6.07) is 19.1. The molecule has 5 rings (SSSR count). The number of hydrogen-bond acceptors (Lipinski definition) is 4. The number of carbonyl (C=O) groups excluding carboxylic acids is 1. The fraction of sp³-hybridized carbons (Fsp3) is 0.115. The maximum absolute atomic E-state index is 13.7. The summed E-state index contributed by atoms with van der Waals surface area (Å²) < 4.78 is 15.0. The van der Waals surface area contributed by atoms with Crippen LogP contribution in [0.2, 0.25) is 0 Å². The van der Waals surface area contributed by atoms with E-state index in [4.69, 9.17) is 4.98 Å². The second kappa shape index (κ2) is 8.79. The zero-order valence-corrected chi connectivity index (χ0v) is 19.4. The van der Waals surface area contributed by atoms with Crippen LogP contribution in [0.4, 0.5) is 10.1 Å². The van der Waals surface area contributed by atoms with Gasteiger partial charge in [-0.1, -0.05) is 48.2 Å². The number of halogens is 1. The van der Waals surface area contributed by atoms with Crippen molar-refractivity contribution in [1.82, 2.24) is 14.5 Å². The Kier molecular flexibility index (Phi) is 5.67. The Hall–Kier alpha value is -3.91. The third kappa shape index (κ3) is 3.97. The van der Waals surface area contributed by atoms with E-state index in [1.165, 1.54) is 18.2 Å². The molecule has 0 aliphatic rings. The highest BCUT2D eigenvalue weighted by Gasteiger charge is 2.19. The molecule has 2 heterocycles. The van der Waals surface area contributed by atoms with Gasteiger partial charge in [0.25, 0.3) is 5.56 Å². The largest absolute Gasteiger partial charge is 0.349 e. The van der Waals surface area contributed by atoms with Gasteiger partial charge in [0.2, 0.25) is 5.91 Å². The van der Waals surface area contributed by atoms with Crippen LogP contribution >= 0.6 is 11.8 Å². The summed E-state index contributed by atoms with van der Waals surface area (Å²) in [5.41, 5.74) is 4.65. The molecule has 34 heavy (non-hydrogen) atoms. The van der Waals surface area contributed by atoms with Crippen LogP contribution < -0.4 is 10.9 Å². The number of hydrogen-bond donors (Lipinski definition) is 2. The molecule has 0 aliphatic carbocycles. The highest BCUT2D eigenvalue weighted by molar-refractivity contribution is 7.99. The summed E-state index contributed by atoms with van der Waals surface area (Å²) in [4.78, 5) is 34.3. The molecule has 0 bridgehead atoms. The Morgan fingerprint density at radius 2 is 1.88 bits per heavy atom. The summed E-state index contributed by atoms with van der Waals surface area (Å²) in [7, 11) is 0. The van der Waals surface area contributed by atoms with Gasteiger partial charge in [0.1, 0.15) is 16.9 Å². The number of rotatable bonds is 5. The van der Waals surface area contributed by atoms with Crippen molar-refractivity contribution in [1.29, 1.82) is 0 Å². The van der Waals surface area contributed by atoms with E-state index in [1.54, 1.807) is 10.6 Å². The zero-order valence-electron chi connectivity index (χ0n) is 18.6. The van der Waals surface area contributed by atoms with Crippen molar-refractivity contribution < 1.29 is 9.18 Å². The number of amides is 1. The number of fused-ring (bicyclic) bond motifs is 3. The van der Waals surface area contributed by atoms with Gasteiger partial charge >= 0.3 is 0 Å². The molecule has 2 aromatic heterocycles. The van der Waals surface area contributed by atoms with Crippen molar-refractivity contribution in [3.05, 3.63) is 94.0 Å². The lowest BCUT2D eigenvalue weighted by Gasteiger charge is -2.15. The number of H-pyrrole nitrogens is 1. The van der Waals surface area contributed by atoms with Crippen molar-refractivity contribution >= 4 is 45.3 Å². The lowest BCUT2D eigenvalue weighted by atomic mass is 10.1. The monoisotopic (exact) mass is 472 g/mol. The molecular formula is C26H21FN4O2S. The summed E-state index contributed by atoms with van der Waals surface area (Å²) in [5.74, 6) is -0.751. The number of anilines is 1. The maximum Gasteiger partial charge on any atom is 0.283 e. The first-order valence-electron chi connectivity index (χ1n) is 10.7. The minimum atomic E-state index is -0.430. The van der Waals surface area contributed by atoms with E-state index >= 15 is 0 Å². The van der Waals surface area contributed by atoms with Crippen molar-refractivity contribution in [2.75, 3.05) is 11.1 Å². The predicted molar refractivity (Wildman–Crippen MR) is 134 cm³/mol. The first-order valence-corrected chi connectivity index (χ1v) is 11.7. The van der Waals surface area contributed by atoms with Gasteiger partial charge in [0.05, 0.1) is 11.4 Å². The average Bonchev–Trinajstić information content (AvgIpc) is 3.19. The molecule has 0 aliphatic heterocycles. The number of aromatic nitrogens is 3. The fourth-order valence-electron chi connectivity index (χ4n) is 3.92. The van der Waals surface area contributed by atoms with E-state index < -0.39 is 5.82 Å². The maximum atomic E-state index is 13.7. The molecule has 0 atom stereocenters. The molecule has 3 aromatic carbocycles. The van der Waals surface area contributed by atoms with Gasteiger partial charge in [-0.3, -0.25) is 14.2 Å². The molecule has 0 saturated heterocycles. The van der Waals surface area contributed by atoms with Crippen LogP contribution in [0.15, 0.2) is 76.7 Å². The van der Waals surface area contributed by atoms with Gasteiger partial charge in [-0.15, -0.1) is 0 Å². The van der Waals surface area contributed by atoms with E-state index in [9.17, 15) is 14.0 Å². The van der Waals surface area contributed by atoms with Gasteiger partial charge < -0.3 is 10.3 Å². The predicted octanol–water partition coefficient (Wildman–Crippen LogP) is 5.35. The van der Waals surface area contributed by atoms with Crippen LogP contribution in [0.5, 0.6) is 0 Å². The van der Waals surface area contributed by atoms with Crippen molar-refractivity contribution in [2.45, 2.75) is 19.0 Å². The number of para-hydroxylation sites is 1. The molecule has 6 nitrogen and oxygen atoms in total. The van der Waals surface area contributed by atoms with Crippen LogP contribution in [0.1, 0.15) is 11.1 Å². The number of aryl methyl sites for hydroxylation is 1. The Morgan fingerprint density at radius 3 is 2.71 bits per heavy atom. The standard InChI is InChI=1S/C26H21FN4O2S/c1-15-7-5-12-21(16(15)2)31-25(33)24-23(19-10-3-4-11-20(19)29-24)30-26(31)34-14-22(32)28-18-9-6-8-17(27)13-18/h3-13,29H,14H2,1-2H3,(H,28,32). The molecular weight excluding hydrogens is 451 g/mol. The highest BCUT2D eigenvalue weighted by atomic mass is 32.2. The number of nitrogens with zero attached hydrogens (tertiary/aromatic N) is 2. The average molecular weight is 473 g/mol. The van der Waals surface area contributed by atoms with Crippen molar-refractivity contribution in [3.63, 3.8) is 0 Å². The highest BCUT2D eigenvalue weighted by Crippen LogP contribution is 2.28. The third-order valence-electron chi connectivity index (χ3n) is 5.75. The molecule has 1 amide bonds. The number of aromatic amines is 1. The molecule has 2 N–H and O–H groups in total. The van der Waals surface area contributed by atoms with E-state index in [2.05, 4.69) is 10.3 Å². The van der Waals surface area contributed by atoms with Gasteiger partial charge in [-0.05, 0) is 55.3 Å². The number of thioether (sulfide) groups is 1. The molecule has 5 aromatic rings. The van der Waals surface area contributed by atoms with Crippen LogP contribution in [0.3, 0.4) is 0 Å². The summed E-state index contributed by atoms with van der Waals surface area (Å²) >= 11 is 1.16. The minimum Gasteiger partial charge on any atom is -0.349 e. The summed E-state index contributed by atoms with van der Waals surface area (Å²) in [6.45, 7) is 3.94. The van der Waals surface area contributed by atoms with E-state index in [-0.39, 0.29) is 17.2 Å². The smallest absolute Gasteiger partial charge is 0.283 e. The van der Waals surface area contributed by atoms with Crippen LogP contribution in [-0.4, -0.2) is 26.2 Å². The topological polar surface area (TPSA) is 79.8 Å². The van der Waals surface area contributed by atoms with Gasteiger partial charge in [0, 0.05) is 16.6 Å². The van der Waals surface area contributed by atoms with E-state index in [1.807, 2.05) is 56.3 Å². The molecule has 170 valence electrons. The summed E-state index contributed by atoms with van der Waals surface area (Å²) in [5, 5.41) is 3.94. The van der Waals surface area contributed by atoms with Crippen molar-refractivity contribution in [3.8, 4) is 5.69 Å². The Balaban J connectivity index is 1.60. The lowest BCUT2D eigenvalue weighted by Crippen LogP contribution is -2.23. The normalized spacial score (nSPS) is 11.3. The second-order valence-corrected chi connectivity index (χ2v) is 8.94. The molecule has 0 spiro atoms. The summed E-state index contributed by atoms with van der Waals surface area (Å²) in [6.07, 6.45) is 0. The molecule has 8 heteroatoms. The quantitative estimate of drug-likeness (QED) is 0.267.